The summed E-state index contributed by atoms with van der Waals surface area (Å²) in [4.78, 5) is 36.5. The Labute approximate surface area is 197 Å². The van der Waals surface area contributed by atoms with E-state index >= 15 is 0 Å². The highest BCUT2D eigenvalue weighted by atomic mass is 16.5. The van der Waals surface area contributed by atoms with Gasteiger partial charge in [-0.3, -0.25) is 4.79 Å². The van der Waals surface area contributed by atoms with Gasteiger partial charge >= 0.3 is 12.1 Å². The fraction of sp³-hybridized carbons (Fsp3) is 0.222. The largest absolute Gasteiger partial charge is 0.478 e. The number of carbonyl (C=O) groups is 3. The molecule has 0 radical (unpaired) electrons. The number of carboxylic acids is 1. The number of nitrogens with one attached hydrogen (secondary N) is 2. The second kappa shape index (κ2) is 9.39. The van der Waals surface area contributed by atoms with Crippen LogP contribution in [-0.4, -0.2) is 35.7 Å². The minimum absolute atomic E-state index is 0.0766. The Balaban J connectivity index is 1.38. The number of anilines is 1. The highest BCUT2D eigenvalue weighted by Gasteiger charge is 2.29. The molecule has 7 heteroatoms. The third-order valence-electron chi connectivity index (χ3n) is 6.24. The predicted octanol–water partition coefficient (Wildman–Crippen LogP) is 4.87. The molecule has 0 bridgehead atoms. The zero-order valence-corrected chi connectivity index (χ0v) is 19.2. The van der Waals surface area contributed by atoms with E-state index in [4.69, 9.17) is 4.74 Å². The summed E-state index contributed by atoms with van der Waals surface area (Å²) in [5.41, 5.74) is 6.32. The van der Waals surface area contributed by atoms with Crippen molar-refractivity contribution in [2.45, 2.75) is 32.7 Å². The minimum Gasteiger partial charge on any atom is -0.478 e. The van der Waals surface area contributed by atoms with E-state index in [1.54, 1.807) is 19.9 Å². The maximum atomic E-state index is 12.6. The molecule has 7 nitrogen and oxygen atoms in total. The van der Waals surface area contributed by atoms with Crippen molar-refractivity contribution in [1.29, 1.82) is 0 Å². The van der Waals surface area contributed by atoms with E-state index in [9.17, 15) is 19.5 Å². The number of ether oxygens (including phenoxy) is 1. The standard InChI is InChI=1S/C27H26N2O5/c1-15-12-18(13-23(16(15)2)26(31)32)29-25(30)17(3)28-27(33)34-14-24-21-10-6-4-8-19(21)20-9-5-7-11-22(20)24/h4-13,17,24H,14H2,1-3H3,(H,28,33)(H,29,30)(H,31,32)/t17-/m1/s1. The Morgan fingerprint density at radius 2 is 1.56 bits per heavy atom. The first-order valence-corrected chi connectivity index (χ1v) is 11.0. The second-order valence-electron chi connectivity index (χ2n) is 8.45. The molecule has 0 unspecified atom stereocenters. The molecule has 0 heterocycles. The van der Waals surface area contributed by atoms with Gasteiger partial charge in [-0.15, -0.1) is 0 Å². The van der Waals surface area contributed by atoms with Gasteiger partial charge in [-0.1, -0.05) is 48.5 Å². The molecular weight excluding hydrogens is 432 g/mol. The van der Waals surface area contributed by atoms with Gasteiger partial charge in [0.2, 0.25) is 5.91 Å². The average molecular weight is 459 g/mol. The summed E-state index contributed by atoms with van der Waals surface area (Å²) in [6.07, 6.45) is -0.698. The van der Waals surface area contributed by atoms with Gasteiger partial charge < -0.3 is 20.5 Å². The van der Waals surface area contributed by atoms with Crippen LogP contribution in [0.2, 0.25) is 0 Å². The summed E-state index contributed by atoms with van der Waals surface area (Å²) >= 11 is 0. The molecular formula is C27H26N2O5. The summed E-state index contributed by atoms with van der Waals surface area (Å²) in [7, 11) is 0. The molecule has 34 heavy (non-hydrogen) atoms. The van der Waals surface area contributed by atoms with Crippen LogP contribution in [0, 0.1) is 13.8 Å². The van der Waals surface area contributed by atoms with Crippen LogP contribution in [0.15, 0.2) is 60.7 Å². The SMILES string of the molecule is Cc1cc(NC(=O)[C@@H](C)NC(=O)OCC2c3ccccc3-c3ccccc32)cc(C(=O)O)c1C. The summed E-state index contributed by atoms with van der Waals surface area (Å²) in [6, 6.07) is 18.3. The number of carboxylic acid groups (broad SMARTS) is 1. The lowest BCUT2D eigenvalue weighted by atomic mass is 9.98. The van der Waals surface area contributed by atoms with E-state index in [1.165, 1.54) is 13.0 Å². The number of aromatic carboxylic acids is 1. The second-order valence-corrected chi connectivity index (χ2v) is 8.45. The van der Waals surface area contributed by atoms with Crippen molar-refractivity contribution < 1.29 is 24.2 Å². The Morgan fingerprint density at radius 3 is 2.15 bits per heavy atom. The van der Waals surface area contributed by atoms with E-state index in [0.29, 0.717) is 11.3 Å². The van der Waals surface area contributed by atoms with Gasteiger partial charge in [-0.2, -0.15) is 0 Å². The fourth-order valence-corrected chi connectivity index (χ4v) is 4.29. The molecule has 4 rings (SSSR count). The number of fused-ring (bicyclic) bond motifs is 3. The lowest BCUT2D eigenvalue weighted by Crippen LogP contribution is -2.42. The van der Waals surface area contributed by atoms with Gasteiger partial charge in [-0.25, -0.2) is 9.59 Å². The number of alkyl carbamates (subject to hydrolysis) is 1. The number of hydrogen-bond donors (Lipinski definition) is 3. The molecule has 0 spiro atoms. The van der Waals surface area contributed by atoms with E-state index < -0.39 is 24.0 Å². The Bertz CT molecular complexity index is 1240. The lowest BCUT2D eigenvalue weighted by molar-refractivity contribution is -0.117. The molecule has 1 atom stereocenters. The van der Waals surface area contributed by atoms with Gasteiger partial charge in [0.1, 0.15) is 12.6 Å². The normalized spacial score (nSPS) is 12.9. The van der Waals surface area contributed by atoms with E-state index in [-0.39, 0.29) is 18.1 Å². The summed E-state index contributed by atoms with van der Waals surface area (Å²) in [5.74, 6) is -1.62. The highest BCUT2D eigenvalue weighted by Crippen LogP contribution is 2.44. The van der Waals surface area contributed by atoms with Gasteiger partial charge in [0, 0.05) is 11.6 Å². The number of aryl methyl sites for hydroxylation is 1. The van der Waals surface area contributed by atoms with Crippen LogP contribution in [0.1, 0.15) is 45.5 Å². The van der Waals surface area contributed by atoms with Crippen molar-refractivity contribution in [2.24, 2.45) is 0 Å². The molecule has 2 amide bonds. The van der Waals surface area contributed by atoms with Crippen LogP contribution >= 0.6 is 0 Å². The van der Waals surface area contributed by atoms with Crippen LogP contribution in [0.4, 0.5) is 10.5 Å². The predicted molar refractivity (Wildman–Crippen MR) is 129 cm³/mol. The summed E-state index contributed by atoms with van der Waals surface area (Å²) < 4.78 is 5.49. The summed E-state index contributed by atoms with van der Waals surface area (Å²) in [5, 5.41) is 14.6. The summed E-state index contributed by atoms with van der Waals surface area (Å²) in [6.45, 7) is 5.17. The smallest absolute Gasteiger partial charge is 0.407 e. The molecule has 3 aromatic carbocycles. The molecule has 0 fully saturated rings. The molecule has 0 saturated carbocycles. The van der Waals surface area contributed by atoms with Gasteiger partial charge in [0.25, 0.3) is 0 Å². The van der Waals surface area contributed by atoms with Crippen molar-refractivity contribution in [3.8, 4) is 11.1 Å². The van der Waals surface area contributed by atoms with Gasteiger partial charge in [0.15, 0.2) is 0 Å². The Hall–Kier alpha value is -4.13. The van der Waals surface area contributed by atoms with Crippen LogP contribution in [-0.2, 0) is 9.53 Å². The zero-order valence-electron chi connectivity index (χ0n) is 19.2. The molecule has 3 aromatic rings. The van der Waals surface area contributed by atoms with Crippen LogP contribution < -0.4 is 10.6 Å². The first-order chi connectivity index (χ1) is 16.3. The van der Waals surface area contributed by atoms with E-state index in [1.807, 2.05) is 36.4 Å². The van der Waals surface area contributed by atoms with Crippen molar-refractivity contribution in [3.05, 3.63) is 88.5 Å². The Kier molecular flexibility index (Phi) is 6.36. The zero-order chi connectivity index (χ0) is 24.4. The molecule has 0 aromatic heterocycles. The minimum atomic E-state index is -1.07. The molecule has 1 aliphatic rings. The van der Waals surface area contributed by atoms with Crippen molar-refractivity contribution in [3.63, 3.8) is 0 Å². The maximum Gasteiger partial charge on any atom is 0.407 e. The van der Waals surface area contributed by atoms with Crippen molar-refractivity contribution in [2.75, 3.05) is 11.9 Å². The number of carbonyl (C=O) groups excluding carboxylic acids is 2. The fourth-order valence-electron chi connectivity index (χ4n) is 4.29. The number of benzene rings is 3. The number of amides is 2. The number of rotatable bonds is 6. The monoisotopic (exact) mass is 458 g/mol. The lowest BCUT2D eigenvalue weighted by Gasteiger charge is -2.17. The van der Waals surface area contributed by atoms with Gasteiger partial charge in [-0.05, 0) is 66.3 Å². The van der Waals surface area contributed by atoms with Gasteiger partial charge in [0.05, 0.1) is 5.56 Å². The molecule has 3 N–H and O–H groups in total. The van der Waals surface area contributed by atoms with Crippen LogP contribution in [0.3, 0.4) is 0 Å². The Morgan fingerprint density at radius 1 is 0.971 bits per heavy atom. The van der Waals surface area contributed by atoms with Crippen LogP contribution in [0.25, 0.3) is 11.1 Å². The first-order valence-electron chi connectivity index (χ1n) is 11.0. The average Bonchev–Trinajstić information content (AvgIpc) is 3.13. The molecule has 0 aliphatic heterocycles. The quantitative estimate of drug-likeness (QED) is 0.489. The topological polar surface area (TPSA) is 105 Å². The third-order valence-corrected chi connectivity index (χ3v) is 6.24. The van der Waals surface area contributed by atoms with Crippen LogP contribution in [0.5, 0.6) is 0 Å². The van der Waals surface area contributed by atoms with Crippen molar-refractivity contribution >= 4 is 23.7 Å². The number of hydrogen-bond acceptors (Lipinski definition) is 4. The maximum absolute atomic E-state index is 12.6. The van der Waals surface area contributed by atoms with E-state index in [0.717, 1.165) is 27.8 Å². The van der Waals surface area contributed by atoms with E-state index in [2.05, 4.69) is 22.8 Å². The molecule has 0 saturated heterocycles. The highest BCUT2D eigenvalue weighted by molar-refractivity contribution is 5.98. The molecule has 1 aliphatic carbocycles. The molecule has 174 valence electrons. The van der Waals surface area contributed by atoms with Crippen molar-refractivity contribution in [1.82, 2.24) is 5.32 Å². The third kappa shape index (κ3) is 4.50. The first kappa shape index (κ1) is 23.0.